The molecule has 2 atom stereocenters. The monoisotopic (exact) mass is 470 g/mol. The molecule has 3 aliphatic rings. The highest BCUT2D eigenvalue weighted by Crippen LogP contribution is 2.42. The summed E-state index contributed by atoms with van der Waals surface area (Å²) in [5.41, 5.74) is 1.78. The summed E-state index contributed by atoms with van der Waals surface area (Å²) in [6, 6.07) is 11.9. The zero-order valence-corrected chi connectivity index (χ0v) is 19.0. The molecule has 4 nitrogen and oxygen atoms in total. The highest BCUT2D eigenvalue weighted by molar-refractivity contribution is 5.98. The molecule has 34 heavy (non-hydrogen) atoms. The van der Waals surface area contributed by atoms with Crippen LogP contribution in [-0.2, 0) is 11.0 Å². The van der Waals surface area contributed by atoms with E-state index in [1.807, 2.05) is 18.2 Å². The molecule has 1 heterocycles. The Balaban J connectivity index is 1.30. The lowest BCUT2D eigenvalue weighted by Gasteiger charge is -2.28. The Morgan fingerprint density at radius 3 is 2.29 bits per heavy atom. The van der Waals surface area contributed by atoms with Crippen molar-refractivity contribution in [1.82, 2.24) is 10.2 Å². The number of nitrogens with one attached hydrogen (secondary N) is 1. The molecular formula is C27H29F3N2O2. The average molecular weight is 471 g/mol. The highest BCUT2D eigenvalue weighted by Gasteiger charge is 2.39. The van der Waals surface area contributed by atoms with Crippen molar-refractivity contribution in [2.75, 3.05) is 6.54 Å². The number of rotatable bonds is 6. The van der Waals surface area contributed by atoms with Gasteiger partial charge in [0, 0.05) is 12.1 Å². The second-order valence-corrected chi connectivity index (χ2v) is 9.85. The van der Waals surface area contributed by atoms with Gasteiger partial charge in [0.15, 0.2) is 0 Å². The van der Waals surface area contributed by atoms with Gasteiger partial charge in [-0.1, -0.05) is 30.7 Å². The van der Waals surface area contributed by atoms with E-state index in [0.717, 1.165) is 44.2 Å². The average Bonchev–Trinajstić information content (AvgIpc) is 3.50. The van der Waals surface area contributed by atoms with E-state index in [1.165, 1.54) is 24.1 Å². The molecule has 5 rings (SSSR count). The van der Waals surface area contributed by atoms with Crippen molar-refractivity contribution < 1.29 is 22.8 Å². The molecule has 1 aliphatic heterocycles. The van der Waals surface area contributed by atoms with Crippen LogP contribution in [0.15, 0.2) is 48.5 Å². The van der Waals surface area contributed by atoms with Gasteiger partial charge in [-0.25, -0.2) is 0 Å². The number of alkyl halides is 3. The lowest BCUT2D eigenvalue weighted by molar-refractivity contribution is -0.137. The van der Waals surface area contributed by atoms with Gasteiger partial charge >= 0.3 is 6.18 Å². The maximum Gasteiger partial charge on any atom is 0.416 e. The second-order valence-electron chi connectivity index (χ2n) is 9.85. The molecule has 2 amide bonds. The molecule has 0 radical (unpaired) electrons. The topological polar surface area (TPSA) is 49.4 Å². The quantitative estimate of drug-likeness (QED) is 0.576. The van der Waals surface area contributed by atoms with Gasteiger partial charge in [0.2, 0.25) is 5.91 Å². The number of nitrogens with zero attached hydrogens (tertiary/aromatic N) is 1. The van der Waals surface area contributed by atoms with Crippen LogP contribution in [0.25, 0.3) is 0 Å². The first-order valence-electron chi connectivity index (χ1n) is 12.2. The lowest BCUT2D eigenvalue weighted by Crippen LogP contribution is -2.47. The lowest BCUT2D eigenvalue weighted by atomic mass is 9.79. The summed E-state index contributed by atoms with van der Waals surface area (Å²) in [5, 5.41) is 3.07. The molecule has 7 heteroatoms. The van der Waals surface area contributed by atoms with Crippen LogP contribution in [0.5, 0.6) is 0 Å². The third-order valence-corrected chi connectivity index (χ3v) is 7.51. The number of halogens is 3. The Hall–Kier alpha value is -2.83. The summed E-state index contributed by atoms with van der Waals surface area (Å²) in [6.45, 7) is 0.527. The SMILES string of the molecule is O=C(N[C@@H](c1ccc(C(F)(F)F)cc1)C1CC1)[C@H]1CCCN1C(=O)c1cccc(C2CCC2)c1. The molecule has 3 fully saturated rings. The van der Waals surface area contributed by atoms with Gasteiger partial charge in [-0.3, -0.25) is 9.59 Å². The van der Waals surface area contributed by atoms with E-state index < -0.39 is 17.8 Å². The van der Waals surface area contributed by atoms with E-state index in [0.29, 0.717) is 30.0 Å². The molecular weight excluding hydrogens is 441 g/mol. The Labute approximate surface area is 197 Å². The van der Waals surface area contributed by atoms with Crippen molar-refractivity contribution in [3.63, 3.8) is 0 Å². The van der Waals surface area contributed by atoms with Gasteiger partial charge in [0.05, 0.1) is 11.6 Å². The van der Waals surface area contributed by atoms with Crippen LogP contribution < -0.4 is 5.32 Å². The fraction of sp³-hybridized carbons (Fsp3) is 0.481. The third-order valence-electron chi connectivity index (χ3n) is 7.51. The van der Waals surface area contributed by atoms with Gasteiger partial charge < -0.3 is 10.2 Å². The smallest absolute Gasteiger partial charge is 0.347 e. The van der Waals surface area contributed by atoms with Crippen molar-refractivity contribution in [2.45, 2.75) is 69.1 Å². The number of amides is 2. The molecule has 0 spiro atoms. The number of benzene rings is 2. The maximum atomic E-state index is 13.3. The van der Waals surface area contributed by atoms with E-state index in [2.05, 4.69) is 11.4 Å². The minimum atomic E-state index is -4.39. The van der Waals surface area contributed by atoms with Crippen molar-refractivity contribution in [3.05, 3.63) is 70.8 Å². The fourth-order valence-corrected chi connectivity index (χ4v) is 5.15. The molecule has 0 unspecified atom stereocenters. The molecule has 2 saturated carbocycles. The number of hydrogen-bond donors (Lipinski definition) is 1. The van der Waals surface area contributed by atoms with Gasteiger partial charge in [-0.05, 0) is 85.8 Å². The summed E-state index contributed by atoms with van der Waals surface area (Å²) in [7, 11) is 0. The molecule has 2 aromatic carbocycles. The van der Waals surface area contributed by atoms with Crippen molar-refractivity contribution in [3.8, 4) is 0 Å². The van der Waals surface area contributed by atoms with Crippen LogP contribution in [0.1, 0.15) is 84.0 Å². The van der Waals surface area contributed by atoms with Crippen LogP contribution in [0.2, 0.25) is 0 Å². The largest absolute Gasteiger partial charge is 0.416 e. The summed E-state index contributed by atoms with van der Waals surface area (Å²) in [5.74, 6) is 0.382. The van der Waals surface area contributed by atoms with Crippen molar-refractivity contribution >= 4 is 11.8 Å². The number of carbonyl (C=O) groups excluding carboxylic acids is 2. The van der Waals surface area contributed by atoms with E-state index in [1.54, 1.807) is 4.90 Å². The standard InChI is InChI=1S/C27H29F3N2O2/c28-27(29,30)22-13-11-19(12-14-22)24(18-9-10-18)31-25(33)23-8-3-15-32(23)26(34)21-7-2-6-20(16-21)17-4-1-5-17/h2,6-7,11-14,16-18,23-24H,1,3-5,8-10,15H2,(H,31,33)/t23-,24-/m1/s1. The van der Waals surface area contributed by atoms with Crippen LogP contribution >= 0.6 is 0 Å². The minimum absolute atomic E-state index is 0.128. The van der Waals surface area contributed by atoms with E-state index >= 15 is 0 Å². The van der Waals surface area contributed by atoms with E-state index in [-0.39, 0.29) is 23.8 Å². The Morgan fingerprint density at radius 2 is 1.68 bits per heavy atom. The molecule has 2 aromatic rings. The second kappa shape index (κ2) is 9.08. The Bertz CT molecular complexity index is 1060. The molecule has 180 valence electrons. The molecule has 0 bridgehead atoms. The maximum absolute atomic E-state index is 13.3. The predicted molar refractivity (Wildman–Crippen MR) is 122 cm³/mol. The number of hydrogen-bond acceptors (Lipinski definition) is 2. The Kier molecular flexibility index (Phi) is 6.13. The third kappa shape index (κ3) is 4.70. The molecule has 1 saturated heterocycles. The van der Waals surface area contributed by atoms with Crippen LogP contribution in [0.4, 0.5) is 13.2 Å². The Morgan fingerprint density at radius 1 is 0.941 bits per heavy atom. The normalized spacial score (nSPS) is 21.7. The van der Waals surface area contributed by atoms with Gasteiger partial charge in [0.25, 0.3) is 5.91 Å². The van der Waals surface area contributed by atoms with Crippen molar-refractivity contribution in [2.24, 2.45) is 5.92 Å². The zero-order chi connectivity index (χ0) is 23.9. The summed E-state index contributed by atoms with van der Waals surface area (Å²) in [6.07, 6.45) is 2.32. The van der Waals surface area contributed by atoms with Crippen LogP contribution in [-0.4, -0.2) is 29.3 Å². The number of carbonyl (C=O) groups is 2. The summed E-state index contributed by atoms with van der Waals surface area (Å²) in [4.78, 5) is 28.3. The summed E-state index contributed by atoms with van der Waals surface area (Å²) >= 11 is 0. The van der Waals surface area contributed by atoms with Crippen LogP contribution in [0, 0.1) is 5.92 Å². The van der Waals surface area contributed by atoms with Crippen LogP contribution in [0.3, 0.4) is 0 Å². The molecule has 2 aliphatic carbocycles. The van der Waals surface area contributed by atoms with Gasteiger partial charge in [0.1, 0.15) is 6.04 Å². The predicted octanol–water partition coefficient (Wildman–Crippen LogP) is 5.85. The summed E-state index contributed by atoms with van der Waals surface area (Å²) < 4.78 is 38.9. The fourth-order valence-electron chi connectivity index (χ4n) is 5.15. The molecule has 1 N–H and O–H groups in total. The minimum Gasteiger partial charge on any atom is -0.347 e. The first-order valence-corrected chi connectivity index (χ1v) is 12.2. The molecule has 0 aromatic heterocycles. The van der Waals surface area contributed by atoms with E-state index in [4.69, 9.17) is 0 Å². The van der Waals surface area contributed by atoms with Gasteiger partial charge in [-0.15, -0.1) is 0 Å². The van der Waals surface area contributed by atoms with Gasteiger partial charge in [-0.2, -0.15) is 13.2 Å². The number of likely N-dealkylation sites (tertiary alicyclic amines) is 1. The van der Waals surface area contributed by atoms with Crippen molar-refractivity contribution in [1.29, 1.82) is 0 Å². The first-order chi connectivity index (χ1) is 16.3. The highest BCUT2D eigenvalue weighted by atomic mass is 19.4. The zero-order valence-electron chi connectivity index (χ0n) is 19.0. The van der Waals surface area contributed by atoms with E-state index in [9.17, 15) is 22.8 Å². The first kappa shape index (κ1) is 22.9.